The molecule has 1 aromatic heterocycles. The number of aryl methyl sites for hydroxylation is 1. The summed E-state index contributed by atoms with van der Waals surface area (Å²) < 4.78 is 39.6. The van der Waals surface area contributed by atoms with E-state index in [0.717, 1.165) is 12.2 Å². The van der Waals surface area contributed by atoms with E-state index in [1.807, 2.05) is 19.9 Å². The van der Waals surface area contributed by atoms with E-state index in [0.29, 0.717) is 23.9 Å². The standard InChI is InChI=1S/C16H22FN5O2S/c1-3-18-15-9-12(2)21-16(22-15)19-7-8-20-25(23,24)11-13-5-4-6-14(17)10-13/h4-6,9-10,20H,3,7-8,11H2,1-2H3,(H2,18,19,21,22). The van der Waals surface area contributed by atoms with E-state index >= 15 is 0 Å². The van der Waals surface area contributed by atoms with Crippen LogP contribution in [0.3, 0.4) is 0 Å². The second-order valence-corrected chi connectivity index (χ2v) is 7.27. The Morgan fingerprint density at radius 1 is 1.12 bits per heavy atom. The molecule has 0 aliphatic rings. The Morgan fingerprint density at radius 3 is 2.64 bits per heavy atom. The van der Waals surface area contributed by atoms with Crippen LogP contribution >= 0.6 is 0 Å². The van der Waals surface area contributed by atoms with Gasteiger partial charge in [0, 0.05) is 31.4 Å². The molecule has 0 saturated carbocycles. The molecular formula is C16H22FN5O2S. The fourth-order valence-electron chi connectivity index (χ4n) is 2.20. The Balaban J connectivity index is 1.84. The molecule has 7 nitrogen and oxygen atoms in total. The minimum atomic E-state index is -3.54. The minimum Gasteiger partial charge on any atom is -0.370 e. The third-order valence-electron chi connectivity index (χ3n) is 3.19. The van der Waals surface area contributed by atoms with E-state index in [-0.39, 0.29) is 12.3 Å². The van der Waals surface area contributed by atoms with Crippen LogP contribution in [0.5, 0.6) is 0 Å². The van der Waals surface area contributed by atoms with Gasteiger partial charge in [0.25, 0.3) is 0 Å². The van der Waals surface area contributed by atoms with Crippen LogP contribution in [0.4, 0.5) is 16.2 Å². The monoisotopic (exact) mass is 367 g/mol. The van der Waals surface area contributed by atoms with E-state index in [4.69, 9.17) is 0 Å². The predicted octanol–water partition coefficient (Wildman–Crippen LogP) is 1.89. The Bertz CT molecular complexity index is 814. The molecule has 0 atom stereocenters. The molecule has 0 bridgehead atoms. The number of hydrogen-bond donors (Lipinski definition) is 3. The molecule has 0 radical (unpaired) electrons. The van der Waals surface area contributed by atoms with Gasteiger partial charge in [0.15, 0.2) is 0 Å². The molecule has 1 heterocycles. The third-order valence-corrected chi connectivity index (χ3v) is 4.55. The molecule has 0 aliphatic heterocycles. The van der Waals surface area contributed by atoms with Crippen LogP contribution in [0.1, 0.15) is 18.2 Å². The van der Waals surface area contributed by atoms with Gasteiger partial charge >= 0.3 is 0 Å². The third kappa shape index (κ3) is 6.63. The summed E-state index contributed by atoms with van der Waals surface area (Å²) in [6.07, 6.45) is 0. The van der Waals surface area contributed by atoms with Crippen molar-refractivity contribution in [3.8, 4) is 0 Å². The number of hydrogen-bond acceptors (Lipinski definition) is 6. The highest BCUT2D eigenvalue weighted by Crippen LogP contribution is 2.09. The fraction of sp³-hybridized carbons (Fsp3) is 0.375. The zero-order valence-electron chi connectivity index (χ0n) is 14.2. The normalized spacial score (nSPS) is 11.3. The summed E-state index contributed by atoms with van der Waals surface area (Å²) in [6, 6.07) is 7.37. The topological polar surface area (TPSA) is 96.0 Å². The van der Waals surface area contributed by atoms with Gasteiger partial charge in [-0.25, -0.2) is 22.5 Å². The second kappa shape index (κ2) is 8.72. The number of aromatic nitrogens is 2. The molecule has 136 valence electrons. The molecular weight excluding hydrogens is 345 g/mol. The Labute approximate surface area is 147 Å². The van der Waals surface area contributed by atoms with Crippen LogP contribution in [0.2, 0.25) is 0 Å². The molecule has 25 heavy (non-hydrogen) atoms. The first-order chi connectivity index (χ1) is 11.9. The summed E-state index contributed by atoms with van der Waals surface area (Å²) in [5.41, 5.74) is 1.21. The lowest BCUT2D eigenvalue weighted by Crippen LogP contribution is -2.30. The molecule has 0 unspecified atom stereocenters. The maximum atomic E-state index is 13.1. The van der Waals surface area contributed by atoms with Crippen LogP contribution in [-0.4, -0.2) is 38.0 Å². The summed E-state index contributed by atoms with van der Waals surface area (Å²) in [5.74, 6) is 0.419. The van der Waals surface area contributed by atoms with Gasteiger partial charge in [0.05, 0.1) is 5.75 Å². The van der Waals surface area contributed by atoms with Crippen LogP contribution in [0.15, 0.2) is 30.3 Å². The smallest absolute Gasteiger partial charge is 0.224 e. The number of rotatable bonds is 9. The average molecular weight is 367 g/mol. The van der Waals surface area contributed by atoms with Gasteiger partial charge in [0.1, 0.15) is 11.6 Å². The summed E-state index contributed by atoms with van der Waals surface area (Å²) in [4.78, 5) is 8.53. The lowest BCUT2D eigenvalue weighted by atomic mass is 10.2. The first kappa shape index (κ1) is 19.1. The number of nitrogens with one attached hydrogen (secondary N) is 3. The molecule has 2 rings (SSSR count). The van der Waals surface area contributed by atoms with Crippen molar-refractivity contribution in [3.05, 3.63) is 47.4 Å². The van der Waals surface area contributed by atoms with Gasteiger partial charge in [-0.05, 0) is 31.5 Å². The second-order valence-electron chi connectivity index (χ2n) is 5.46. The SMILES string of the molecule is CCNc1cc(C)nc(NCCNS(=O)(=O)Cc2cccc(F)c2)n1. The number of anilines is 2. The Kier molecular flexibility index (Phi) is 6.65. The molecule has 1 aromatic carbocycles. The number of benzene rings is 1. The van der Waals surface area contributed by atoms with Gasteiger partial charge in [-0.15, -0.1) is 0 Å². The van der Waals surface area contributed by atoms with Crippen LogP contribution < -0.4 is 15.4 Å². The molecule has 3 N–H and O–H groups in total. The molecule has 0 saturated heterocycles. The van der Waals surface area contributed by atoms with Crippen LogP contribution in [0.25, 0.3) is 0 Å². The van der Waals surface area contributed by atoms with Gasteiger partial charge in [-0.2, -0.15) is 4.98 Å². The molecule has 0 aliphatic carbocycles. The highest BCUT2D eigenvalue weighted by Gasteiger charge is 2.11. The quantitative estimate of drug-likeness (QED) is 0.586. The van der Waals surface area contributed by atoms with Crippen molar-refractivity contribution in [1.29, 1.82) is 0 Å². The maximum absolute atomic E-state index is 13.1. The van der Waals surface area contributed by atoms with E-state index in [1.54, 1.807) is 6.07 Å². The number of nitrogens with zero attached hydrogens (tertiary/aromatic N) is 2. The van der Waals surface area contributed by atoms with Crippen LogP contribution in [-0.2, 0) is 15.8 Å². The van der Waals surface area contributed by atoms with Crippen molar-refractivity contribution < 1.29 is 12.8 Å². The van der Waals surface area contributed by atoms with Gasteiger partial charge < -0.3 is 10.6 Å². The summed E-state index contributed by atoms with van der Waals surface area (Å²) >= 11 is 0. The van der Waals surface area contributed by atoms with Crippen molar-refractivity contribution in [3.63, 3.8) is 0 Å². The van der Waals surface area contributed by atoms with E-state index in [9.17, 15) is 12.8 Å². The highest BCUT2D eigenvalue weighted by atomic mass is 32.2. The van der Waals surface area contributed by atoms with Gasteiger partial charge in [0.2, 0.25) is 16.0 Å². The number of halogens is 1. The fourth-order valence-corrected chi connectivity index (χ4v) is 3.33. The van der Waals surface area contributed by atoms with Crippen molar-refractivity contribution in [2.75, 3.05) is 30.3 Å². The number of sulfonamides is 1. The molecule has 0 amide bonds. The largest absolute Gasteiger partial charge is 0.370 e. The van der Waals surface area contributed by atoms with Crippen molar-refractivity contribution in [1.82, 2.24) is 14.7 Å². The molecule has 0 spiro atoms. The zero-order valence-corrected chi connectivity index (χ0v) is 15.0. The molecule has 0 fully saturated rings. The summed E-state index contributed by atoms with van der Waals surface area (Å²) in [6.45, 7) is 5.08. The molecule has 2 aromatic rings. The van der Waals surface area contributed by atoms with Gasteiger partial charge in [-0.1, -0.05) is 12.1 Å². The van der Waals surface area contributed by atoms with E-state index in [2.05, 4.69) is 25.3 Å². The highest BCUT2D eigenvalue weighted by molar-refractivity contribution is 7.88. The average Bonchev–Trinajstić information content (AvgIpc) is 2.51. The zero-order chi connectivity index (χ0) is 18.3. The Hall–Kier alpha value is -2.26. The van der Waals surface area contributed by atoms with Crippen molar-refractivity contribution in [2.45, 2.75) is 19.6 Å². The lowest BCUT2D eigenvalue weighted by Gasteiger charge is -2.10. The Morgan fingerprint density at radius 2 is 1.92 bits per heavy atom. The van der Waals surface area contributed by atoms with E-state index in [1.165, 1.54) is 18.2 Å². The maximum Gasteiger partial charge on any atom is 0.224 e. The predicted molar refractivity (Wildman–Crippen MR) is 96.4 cm³/mol. The first-order valence-electron chi connectivity index (χ1n) is 7.93. The van der Waals surface area contributed by atoms with Gasteiger partial charge in [-0.3, -0.25) is 0 Å². The van der Waals surface area contributed by atoms with Crippen LogP contribution in [0, 0.1) is 12.7 Å². The summed E-state index contributed by atoms with van der Waals surface area (Å²) in [7, 11) is -3.54. The van der Waals surface area contributed by atoms with Crippen molar-refractivity contribution in [2.24, 2.45) is 0 Å². The van der Waals surface area contributed by atoms with E-state index < -0.39 is 15.8 Å². The minimum absolute atomic E-state index is 0.172. The lowest BCUT2D eigenvalue weighted by molar-refractivity contribution is 0.581. The summed E-state index contributed by atoms with van der Waals surface area (Å²) in [5, 5.41) is 6.08. The van der Waals surface area contributed by atoms with Crippen molar-refractivity contribution >= 4 is 21.8 Å². The molecule has 9 heteroatoms. The first-order valence-corrected chi connectivity index (χ1v) is 9.58.